The van der Waals surface area contributed by atoms with Crippen molar-refractivity contribution in [2.75, 3.05) is 31.1 Å². The Hall–Kier alpha value is -1.70. The number of nitrogens with zero attached hydrogens (tertiary/aromatic N) is 4. The van der Waals surface area contributed by atoms with Gasteiger partial charge in [-0.05, 0) is 0 Å². The maximum Gasteiger partial charge on any atom is 0.224 e. The van der Waals surface area contributed by atoms with E-state index in [1.54, 1.807) is 10.9 Å². The Morgan fingerprint density at radius 2 is 2.21 bits per heavy atom. The third kappa shape index (κ3) is 3.40. The molecule has 0 aromatic carbocycles. The van der Waals surface area contributed by atoms with Crippen LogP contribution in [0.5, 0.6) is 0 Å². The second-order valence-corrected chi connectivity index (χ2v) is 6.53. The summed E-state index contributed by atoms with van der Waals surface area (Å²) in [6.07, 6.45) is 1.36. The van der Waals surface area contributed by atoms with Gasteiger partial charge in [0.15, 0.2) is 11.5 Å². The van der Waals surface area contributed by atoms with Gasteiger partial charge in [-0.1, -0.05) is 0 Å². The van der Waals surface area contributed by atoms with E-state index in [-0.39, 0.29) is 24.7 Å². The van der Waals surface area contributed by atoms with Crippen LogP contribution >= 0.6 is 7.37 Å². The Morgan fingerprint density at radius 3 is 2.89 bits per heavy atom. The molecule has 0 bridgehead atoms. The SMILES string of the molecule is CP(=O)(O)COCCn1cnc2c(N)nc(N)nc21. The van der Waals surface area contributed by atoms with Gasteiger partial charge in [0, 0.05) is 13.2 Å². The van der Waals surface area contributed by atoms with Crippen molar-refractivity contribution in [2.24, 2.45) is 0 Å². The molecule has 2 rings (SSSR count). The van der Waals surface area contributed by atoms with Crippen LogP contribution in [0.3, 0.4) is 0 Å². The zero-order valence-corrected chi connectivity index (χ0v) is 11.2. The lowest BCUT2D eigenvalue weighted by atomic mass is 10.5. The van der Waals surface area contributed by atoms with E-state index in [0.29, 0.717) is 17.7 Å². The summed E-state index contributed by atoms with van der Waals surface area (Å²) in [5.74, 6) is 0.289. The number of nitrogen functional groups attached to an aromatic ring is 2. The monoisotopic (exact) mass is 286 g/mol. The molecule has 0 aliphatic heterocycles. The molecule has 0 radical (unpaired) electrons. The van der Waals surface area contributed by atoms with Gasteiger partial charge in [0.1, 0.15) is 11.9 Å². The number of nitrogens with two attached hydrogens (primary N) is 2. The fourth-order valence-corrected chi connectivity index (χ4v) is 2.01. The maximum absolute atomic E-state index is 11.0. The van der Waals surface area contributed by atoms with Crippen molar-refractivity contribution >= 4 is 30.3 Å². The van der Waals surface area contributed by atoms with Crippen molar-refractivity contribution < 1.29 is 14.2 Å². The minimum absolute atomic E-state index is 0.0704. The highest BCUT2D eigenvalue weighted by Gasteiger charge is 2.11. The first kappa shape index (κ1) is 13.7. The van der Waals surface area contributed by atoms with E-state index in [1.807, 2.05) is 0 Å². The molecule has 19 heavy (non-hydrogen) atoms. The zero-order valence-electron chi connectivity index (χ0n) is 10.4. The van der Waals surface area contributed by atoms with Crippen LogP contribution in [0.25, 0.3) is 11.2 Å². The normalized spacial score (nSPS) is 14.6. The van der Waals surface area contributed by atoms with Crippen LogP contribution in [0.4, 0.5) is 11.8 Å². The molecule has 2 aromatic rings. The molecule has 10 heteroatoms. The van der Waals surface area contributed by atoms with E-state index in [2.05, 4.69) is 15.0 Å². The summed E-state index contributed by atoms with van der Waals surface area (Å²) < 4.78 is 17.8. The van der Waals surface area contributed by atoms with Crippen LogP contribution in [0, 0.1) is 0 Å². The summed E-state index contributed by atoms with van der Waals surface area (Å²) in [6, 6.07) is 0. The van der Waals surface area contributed by atoms with Crippen molar-refractivity contribution in [3.63, 3.8) is 0 Å². The van der Waals surface area contributed by atoms with E-state index >= 15 is 0 Å². The molecular formula is C9H15N6O3P. The molecule has 0 aliphatic rings. The van der Waals surface area contributed by atoms with Crippen LogP contribution in [0.2, 0.25) is 0 Å². The Balaban J connectivity index is 2.07. The summed E-state index contributed by atoms with van der Waals surface area (Å²) in [5.41, 5.74) is 12.2. The number of anilines is 2. The highest BCUT2D eigenvalue weighted by Crippen LogP contribution is 2.34. The molecule has 0 spiro atoms. The molecule has 5 N–H and O–H groups in total. The molecular weight excluding hydrogens is 271 g/mol. The minimum atomic E-state index is -3.15. The van der Waals surface area contributed by atoms with E-state index in [9.17, 15) is 4.57 Å². The van der Waals surface area contributed by atoms with E-state index in [1.165, 1.54) is 6.66 Å². The van der Waals surface area contributed by atoms with Gasteiger partial charge in [0.25, 0.3) is 0 Å². The third-order valence-corrected chi connectivity index (χ3v) is 2.98. The van der Waals surface area contributed by atoms with Gasteiger partial charge in [0.2, 0.25) is 13.3 Å². The predicted molar refractivity (Wildman–Crippen MR) is 70.7 cm³/mol. The number of aromatic nitrogens is 4. The molecule has 9 nitrogen and oxygen atoms in total. The van der Waals surface area contributed by atoms with Gasteiger partial charge in [-0.25, -0.2) is 4.98 Å². The number of ether oxygens (including phenoxy) is 1. The highest BCUT2D eigenvalue weighted by atomic mass is 31.2. The zero-order chi connectivity index (χ0) is 14.0. The quantitative estimate of drug-likeness (QED) is 0.509. The van der Waals surface area contributed by atoms with Crippen LogP contribution < -0.4 is 11.5 Å². The fraction of sp³-hybridized carbons (Fsp3) is 0.444. The summed E-state index contributed by atoms with van der Waals surface area (Å²) in [6.45, 7) is 1.92. The number of hydrogen-bond donors (Lipinski definition) is 3. The first-order valence-corrected chi connectivity index (χ1v) is 7.77. The van der Waals surface area contributed by atoms with Crippen molar-refractivity contribution in [2.45, 2.75) is 6.54 Å². The van der Waals surface area contributed by atoms with Gasteiger partial charge in [-0.2, -0.15) is 9.97 Å². The van der Waals surface area contributed by atoms with Crippen LogP contribution in [0.1, 0.15) is 0 Å². The van der Waals surface area contributed by atoms with Gasteiger partial charge < -0.3 is 25.7 Å². The number of rotatable bonds is 5. The van der Waals surface area contributed by atoms with E-state index < -0.39 is 7.37 Å². The van der Waals surface area contributed by atoms with Crippen LogP contribution in [0.15, 0.2) is 6.33 Å². The van der Waals surface area contributed by atoms with Crippen LogP contribution in [-0.4, -0.2) is 44.0 Å². The first-order valence-electron chi connectivity index (χ1n) is 5.47. The molecule has 0 saturated carbocycles. The molecule has 0 amide bonds. The lowest BCUT2D eigenvalue weighted by Gasteiger charge is -2.07. The Kier molecular flexibility index (Phi) is 3.70. The smallest absolute Gasteiger partial charge is 0.224 e. The van der Waals surface area contributed by atoms with Gasteiger partial charge in [-0.15, -0.1) is 0 Å². The second-order valence-electron chi connectivity index (χ2n) is 4.17. The van der Waals surface area contributed by atoms with Crippen molar-refractivity contribution in [1.29, 1.82) is 0 Å². The molecule has 0 aliphatic carbocycles. The third-order valence-electron chi connectivity index (χ3n) is 2.32. The average molecular weight is 286 g/mol. The Bertz CT molecular complexity index is 636. The lowest BCUT2D eigenvalue weighted by Crippen LogP contribution is -2.08. The maximum atomic E-state index is 11.0. The molecule has 2 aromatic heterocycles. The number of hydrogen-bond acceptors (Lipinski definition) is 7. The van der Waals surface area contributed by atoms with E-state index in [4.69, 9.17) is 21.1 Å². The number of imidazole rings is 1. The van der Waals surface area contributed by atoms with E-state index in [0.717, 1.165) is 0 Å². The molecule has 2 heterocycles. The fourth-order valence-electron chi connectivity index (χ4n) is 1.54. The molecule has 1 unspecified atom stereocenters. The summed E-state index contributed by atoms with van der Waals surface area (Å²) in [7, 11) is -3.15. The minimum Gasteiger partial charge on any atom is -0.382 e. The topological polar surface area (TPSA) is 142 Å². The first-order chi connectivity index (χ1) is 8.87. The summed E-state index contributed by atoms with van der Waals surface area (Å²) in [4.78, 5) is 21.0. The lowest BCUT2D eigenvalue weighted by molar-refractivity contribution is 0.160. The molecule has 104 valence electrons. The molecule has 1 atom stereocenters. The largest absolute Gasteiger partial charge is 0.382 e. The Labute approximate surface area is 109 Å². The van der Waals surface area contributed by atoms with Gasteiger partial charge in [-0.3, -0.25) is 4.57 Å². The number of fused-ring (bicyclic) bond motifs is 1. The predicted octanol–water partition coefficient (Wildman–Crippen LogP) is -0.135. The molecule has 0 fully saturated rings. The van der Waals surface area contributed by atoms with Crippen molar-refractivity contribution in [3.05, 3.63) is 6.33 Å². The molecule has 0 saturated heterocycles. The van der Waals surface area contributed by atoms with Crippen molar-refractivity contribution in [3.8, 4) is 0 Å². The summed E-state index contributed by atoms with van der Waals surface area (Å²) in [5, 5.41) is 0. The van der Waals surface area contributed by atoms with Gasteiger partial charge in [0.05, 0.1) is 12.9 Å². The average Bonchev–Trinajstić information content (AvgIpc) is 2.66. The van der Waals surface area contributed by atoms with Gasteiger partial charge >= 0.3 is 0 Å². The highest BCUT2D eigenvalue weighted by molar-refractivity contribution is 7.56. The summed E-state index contributed by atoms with van der Waals surface area (Å²) >= 11 is 0. The Morgan fingerprint density at radius 1 is 1.47 bits per heavy atom. The standard InChI is InChI=1S/C9H15N6O3P/c1-19(16,17)5-18-3-2-15-4-12-6-7(10)13-9(11)14-8(6)15/h4H,2-3,5H2,1H3,(H,16,17)(H4,10,11,13,14). The second kappa shape index (κ2) is 5.12. The van der Waals surface area contributed by atoms with Crippen molar-refractivity contribution in [1.82, 2.24) is 19.5 Å². The van der Waals surface area contributed by atoms with Crippen LogP contribution in [-0.2, 0) is 15.8 Å².